The lowest BCUT2D eigenvalue weighted by molar-refractivity contribution is -0.315. The van der Waals surface area contributed by atoms with Gasteiger partial charge < -0.3 is 19.1 Å². The van der Waals surface area contributed by atoms with Crippen molar-refractivity contribution >= 4 is 13.6 Å². The molecule has 1 heterocycles. The van der Waals surface area contributed by atoms with Crippen molar-refractivity contribution in [1.82, 2.24) is 0 Å². The molecule has 0 radical (unpaired) electrons. The number of rotatable bonds is 1. The maximum atomic E-state index is 10.4. The monoisotopic (exact) mass is 164 g/mol. The zero-order chi connectivity index (χ0) is 7.78. The van der Waals surface area contributed by atoms with Gasteiger partial charge in [-0.1, -0.05) is 7.60 Å². The Labute approximate surface area is 57.2 Å². The lowest BCUT2D eigenvalue weighted by atomic mass is 10.4. The highest BCUT2D eigenvalue weighted by Crippen LogP contribution is 2.37. The largest absolute Gasteiger partial charge is 0.810 e. The summed E-state index contributed by atoms with van der Waals surface area (Å²) < 4.78 is 14.5. The summed E-state index contributed by atoms with van der Waals surface area (Å²) in [5.74, 6) is -0.909. The van der Waals surface area contributed by atoms with Crippen LogP contribution in [0.1, 0.15) is 6.42 Å². The van der Waals surface area contributed by atoms with E-state index in [0.717, 1.165) is 0 Å². The third-order valence-corrected chi connectivity index (χ3v) is 2.52. The highest BCUT2D eigenvalue weighted by atomic mass is 31.2. The Morgan fingerprint density at radius 2 is 2.20 bits per heavy atom. The Kier molecular flexibility index (Phi) is 1.81. The molecule has 10 heavy (non-hydrogen) atoms. The van der Waals surface area contributed by atoms with E-state index in [1.165, 1.54) is 0 Å². The van der Waals surface area contributed by atoms with Crippen LogP contribution in [0, 0.1) is 0 Å². The van der Waals surface area contributed by atoms with E-state index >= 15 is 0 Å². The van der Waals surface area contributed by atoms with Crippen molar-refractivity contribution < 1.29 is 23.9 Å². The molecule has 1 rings (SSSR count). The maximum absolute atomic E-state index is 10.4. The topological polar surface area (TPSA) is 89.5 Å². The second-order valence-corrected chi connectivity index (χ2v) is 3.71. The van der Waals surface area contributed by atoms with Crippen LogP contribution in [0.3, 0.4) is 0 Å². The standard InChI is InChI=1S/C4H7O5P/c5-4-3(1-2-9-4)10(6,7)8/h3H,1-2H2,(H2,6,7,8)/p-2. The molecule has 0 aliphatic carbocycles. The van der Waals surface area contributed by atoms with Crippen LogP contribution in [0.4, 0.5) is 0 Å². The summed E-state index contributed by atoms with van der Waals surface area (Å²) in [6.45, 7) is 0.0397. The number of hydrogen-bond donors (Lipinski definition) is 0. The number of esters is 1. The van der Waals surface area contributed by atoms with Gasteiger partial charge in [0.25, 0.3) is 0 Å². The van der Waals surface area contributed by atoms with Gasteiger partial charge in [0.15, 0.2) is 0 Å². The van der Waals surface area contributed by atoms with Crippen LogP contribution in [0.25, 0.3) is 0 Å². The first-order chi connectivity index (χ1) is 4.52. The van der Waals surface area contributed by atoms with Gasteiger partial charge in [0.05, 0.1) is 12.3 Å². The molecule has 1 saturated heterocycles. The first kappa shape index (κ1) is 7.72. The molecule has 0 aromatic heterocycles. The fourth-order valence-corrected chi connectivity index (χ4v) is 1.53. The average molecular weight is 164 g/mol. The lowest BCUT2D eigenvalue weighted by Crippen LogP contribution is -2.29. The highest BCUT2D eigenvalue weighted by molar-refractivity contribution is 7.50. The Hall–Kier alpha value is -0.380. The Morgan fingerprint density at radius 3 is 2.40 bits per heavy atom. The van der Waals surface area contributed by atoms with Gasteiger partial charge >= 0.3 is 5.97 Å². The van der Waals surface area contributed by atoms with Crippen molar-refractivity contribution in [3.63, 3.8) is 0 Å². The van der Waals surface area contributed by atoms with E-state index in [0.29, 0.717) is 0 Å². The lowest BCUT2D eigenvalue weighted by Gasteiger charge is -2.32. The Bertz CT molecular complexity index is 194. The summed E-state index contributed by atoms with van der Waals surface area (Å²) in [5.41, 5.74) is -1.44. The molecule has 58 valence electrons. The van der Waals surface area contributed by atoms with Gasteiger partial charge in [-0.15, -0.1) is 0 Å². The summed E-state index contributed by atoms with van der Waals surface area (Å²) in [6.07, 6.45) is 0.00309. The molecule has 0 amide bonds. The summed E-state index contributed by atoms with van der Waals surface area (Å²) in [6, 6.07) is 0. The molecular formula is C4H5O5P-2. The second-order valence-electron chi connectivity index (χ2n) is 2.01. The van der Waals surface area contributed by atoms with Gasteiger partial charge in [-0.05, 0) is 6.42 Å². The van der Waals surface area contributed by atoms with E-state index in [1.54, 1.807) is 0 Å². The third kappa shape index (κ3) is 1.37. The van der Waals surface area contributed by atoms with Gasteiger partial charge in [-0.2, -0.15) is 0 Å². The molecule has 1 aliphatic rings. The SMILES string of the molecule is O=C1OCCC1P(=O)([O-])[O-]. The number of cyclic esters (lactones) is 1. The van der Waals surface area contributed by atoms with Gasteiger partial charge in [0.2, 0.25) is 0 Å². The molecule has 0 aromatic carbocycles. The fourth-order valence-electron chi connectivity index (χ4n) is 0.772. The average Bonchev–Trinajstić information content (AvgIpc) is 2.11. The fraction of sp³-hybridized carbons (Fsp3) is 0.750. The zero-order valence-electron chi connectivity index (χ0n) is 4.98. The number of carbonyl (C=O) groups is 1. The quantitative estimate of drug-likeness (QED) is 0.337. The number of carbonyl (C=O) groups excluding carboxylic acids is 1. The highest BCUT2D eigenvalue weighted by Gasteiger charge is 2.29. The molecule has 1 fully saturated rings. The third-order valence-electron chi connectivity index (χ3n) is 1.29. The van der Waals surface area contributed by atoms with Crippen LogP contribution < -0.4 is 9.79 Å². The summed E-state index contributed by atoms with van der Waals surface area (Å²) in [5, 5.41) is 0. The maximum Gasteiger partial charge on any atom is 0.314 e. The zero-order valence-corrected chi connectivity index (χ0v) is 5.87. The molecule has 5 nitrogen and oxygen atoms in total. The van der Waals surface area contributed by atoms with E-state index < -0.39 is 19.2 Å². The number of hydrogen-bond acceptors (Lipinski definition) is 5. The molecule has 1 unspecified atom stereocenters. The molecule has 1 aliphatic heterocycles. The molecular weight excluding hydrogens is 159 g/mol. The first-order valence-electron chi connectivity index (χ1n) is 2.70. The van der Waals surface area contributed by atoms with Crippen LogP contribution >= 0.6 is 7.60 Å². The normalized spacial score (nSPS) is 26.6. The van der Waals surface area contributed by atoms with Crippen molar-refractivity contribution in [1.29, 1.82) is 0 Å². The molecule has 0 aromatic rings. The predicted molar refractivity (Wildman–Crippen MR) is 27.0 cm³/mol. The molecule has 6 heteroatoms. The Morgan fingerprint density at radius 1 is 1.60 bits per heavy atom. The molecule has 1 atom stereocenters. The number of ether oxygens (including phenoxy) is 1. The summed E-state index contributed by atoms with van der Waals surface area (Å²) in [4.78, 5) is 30.9. The Balaban J connectivity index is 2.74. The van der Waals surface area contributed by atoms with Crippen molar-refractivity contribution in [2.75, 3.05) is 6.61 Å². The van der Waals surface area contributed by atoms with Gasteiger partial charge in [-0.25, -0.2) is 0 Å². The summed E-state index contributed by atoms with van der Waals surface area (Å²) in [7, 11) is -4.74. The van der Waals surface area contributed by atoms with Crippen molar-refractivity contribution in [2.45, 2.75) is 12.1 Å². The minimum absolute atomic E-state index is 0.00309. The molecule has 0 saturated carbocycles. The van der Waals surface area contributed by atoms with Gasteiger partial charge in [0.1, 0.15) is 0 Å². The van der Waals surface area contributed by atoms with E-state index in [9.17, 15) is 19.1 Å². The summed E-state index contributed by atoms with van der Waals surface area (Å²) >= 11 is 0. The minimum Gasteiger partial charge on any atom is -0.810 e. The van der Waals surface area contributed by atoms with Crippen molar-refractivity contribution in [2.24, 2.45) is 0 Å². The van der Waals surface area contributed by atoms with E-state index in [-0.39, 0.29) is 13.0 Å². The van der Waals surface area contributed by atoms with Crippen LogP contribution in [-0.4, -0.2) is 18.2 Å². The van der Waals surface area contributed by atoms with Crippen molar-refractivity contribution in [3.05, 3.63) is 0 Å². The van der Waals surface area contributed by atoms with Crippen molar-refractivity contribution in [3.8, 4) is 0 Å². The molecule has 0 N–H and O–H groups in total. The van der Waals surface area contributed by atoms with Crippen LogP contribution in [0.5, 0.6) is 0 Å². The van der Waals surface area contributed by atoms with Gasteiger partial charge in [0, 0.05) is 0 Å². The van der Waals surface area contributed by atoms with Crippen LogP contribution in [-0.2, 0) is 14.1 Å². The van der Waals surface area contributed by atoms with E-state index in [4.69, 9.17) is 0 Å². The first-order valence-corrected chi connectivity index (χ1v) is 4.31. The van der Waals surface area contributed by atoms with E-state index in [1.807, 2.05) is 0 Å². The minimum atomic E-state index is -4.74. The van der Waals surface area contributed by atoms with E-state index in [2.05, 4.69) is 4.74 Å². The predicted octanol–water partition coefficient (Wildman–Crippen LogP) is -1.78. The molecule has 0 spiro atoms. The smallest absolute Gasteiger partial charge is 0.314 e. The molecule has 0 bridgehead atoms. The second kappa shape index (κ2) is 2.34. The van der Waals surface area contributed by atoms with Crippen LogP contribution in [0.15, 0.2) is 0 Å². The van der Waals surface area contributed by atoms with Gasteiger partial charge in [-0.3, -0.25) is 4.79 Å². The van der Waals surface area contributed by atoms with Crippen LogP contribution in [0.2, 0.25) is 0 Å².